The van der Waals surface area contributed by atoms with Crippen LogP contribution in [0.1, 0.15) is 6.42 Å². The predicted molar refractivity (Wildman–Crippen MR) is 113 cm³/mol. The quantitative estimate of drug-likeness (QED) is 0.675. The minimum Gasteiger partial charge on any atom is -0.326 e. The molecule has 3 N–H and O–H groups in total. The lowest BCUT2D eigenvalue weighted by molar-refractivity contribution is -0.118. The van der Waals surface area contributed by atoms with Gasteiger partial charge in [-0.05, 0) is 42.7 Å². The molecule has 0 saturated carbocycles. The highest BCUT2D eigenvalue weighted by Crippen LogP contribution is 2.28. The van der Waals surface area contributed by atoms with E-state index in [4.69, 9.17) is 0 Å². The molecule has 1 unspecified atom stereocenters. The fraction of sp³-hybridized carbons (Fsp3) is 0.250. The van der Waals surface area contributed by atoms with E-state index in [1.165, 1.54) is 34.9 Å². The number of thioether (sulfide) groups is 1. The van der Waals surface area contributed by atoms with Crippen molar-refractivity contribution in [1.82, 2.24) is 5.32 Å². The highest BCUT2D eigenvalue weighted by Gasteiger charge is 2.30. The number of halogens is 1. The maximum atomic E-state index is 13.9. The third kappa shape index (κ3) is 5.05. The molecule has 0 aromatic heterocycles. The van der Waals surface area contributed by atoms with E-state index in [1.54, 1.807) is 30.3 Å². The molecule has 1 aliphatic rings. The fourth-order valence-electron chi connectivity index (χ4n) is 2.93. The van der Waals surface area contributed by atoms with Gasteiger partial charge in [-0.2, -0.15) is 11.8 Å². The molecule has 0 aliphatic carbocycles. The van der Waals surface area contributed by atoms with Crippen molar-refractivity contribution in [2.45, 2.75) is 12.5 Å². The number of anilines is 3. The summed E-state index contributed by atoms with van der Waals surface area (Å²) in [6.07, 6.45) is 2.24. The molecule has 2 aromatic carbocycles. The normalized spacial score (nSPS) is 13.9. The van der Waals surface area contributed by atoms with Gasteiger partial charge in [0.05, 0.1) is 17.1 Å². The Morgan fingerprint density at radius 3 is 2.69 bits per heavy atom. The van der Waals surface area contributed by atoms with E-state index in [1.807, 2.05) is 6.26 Å². The summed E-state index contributed by atoms with van der Waals surface area (Å²) in [4.78, 5) is 38.8. The third-order valence-electron chi connectivity index (χ3n) is 4.37. The molecule has 2 aromatic rings. The molecule has 4 amide bonds. The van der Waals surface area contributed by atoms with Crippen molar-refractivity contribution in [3.05, 3.63) is 54.3 Å². The Morgan fingerprint density at radius 2 is 1.93 bits per heavy atom. The molecule has 29 heavy (non-hydrogen) atoms. The second-order valence-electron chi connectivity index (χ2n) is 6.40. The minimum absolute atomic E-state index is 0.0450. The van der Waals surface area contributed by atoms with Crippen LogP contribution in [0.5, 0.6) is 0 Å². The summed E-state index contributed by atoms with van der Waals surface area (Å²) >= 11 is 1.53. The van der Waals surface area contributed by atoms with Gasteiger partial charge in [0.15, 0.2) is 0 Å². The van der Waals surface area contributed by atoms with Gasteiger partial charge in [0, 0.05) is 0 Å². The predicted octanol–water partition coefficient (Wildman–Crippen LogP) is 3.05. The minimum atomic E-state index is -0.883. The van der Waals surface area contributed by atoms with Gasteiger partial charge in [0.1, 0.15) is 18.4 Å². The second-order valence-corrected chi connectivity index (χ2v) is 7.39. The number of nitrogens with zero attached hydrogens (tertiary/aromatic N) is 1. The number of amides is 4. The van der Waals surface area contributed by atoms with Crippen LogP contribution in [-0.4, -0.2) is 42.4 Å². The van der Waals surface area contributed by atoms with E-state index in [-0.39, 0.29) is 18.1 Å². The maximum Gasteiger partial charge on any atom is 0.323 e. The van der Waals surface area contributed by atoms with E-state index in [0.29, 0.717) is 23.5 Å². The molecular formula is C20H21FN4O3S. The van der Waals surface area contributed by atoms with Gasteiger partial charge in [0.25, 0.3) is 0 Å². The number of rotatable bonds is 6. The first-order valence-corrected chi connectivity index (χ1v) is 10.4. The van der Waals surface area contributed by atoms with E-state index >= 15 is 0 Å². The highest BCUT2D eigenvalue weighted by molar-refractivity contribution is 7.98. The number of benzene rings is 2. The molecule has 7 nitrogen and oxygen atoms in total. The Hall–Kier alpha value is -3.07. The number of nitrogens with one attached hydrogen (secondary N) is 3. The van der Waals surface area contributed by atoms with Crippen molar-refractivity contribution < 1.29 is 18.8 Å². The first kappa shape index (κ1) is 20.7. The number of para-hydroxylation sites is 3. The number of hydrogen-bond donors (Lipinski definition) is 3. The smallest absolute Gasteiger partial charge is 0.323 e. The fourth-order valence-corrected chi connectivity index (χ4v) is 3.40. The van der Waals surface area contributed by atoms with Gasteiger partial charge in [-0.1, -0.05) is 24.3 Å². The maximum absolute atomic E-state index is 13.9. The molecule has 3 rings (SSSR count). The number of hydrogen-bond acceptors (Lipinski definition) is 4. The average molecular weight is 416 g/mol. The van der Waals surface area contributed by atoms with Crippen LogP contribution in [0, 0.1) is 5.82 Å². The molecule has 0 saturated heterocycles. The topological polar surface area (TPSA) is 90.5 Å². The summed E-state index contributed by atoms with van der Waals surface area (Å²) in [5.74, 6) is -0.785. The van der Waals surface area contributed by atoms with E-state index in [0.717, 1.165) is 0 Å². The number of carbonyl (C=O) groups is 3. The zero-order valence-electron chi connectivity index (χ0n) is 15.8. The largest absolute Gasteiger partial charge is 0.326 e. The zero-order valence-corrected chi connectivity index (χ0v) is 16.6. The van der Waals surface area contributed by atoms with Crippen LogP contribution >= 0.6 is 11.8 Å². The van der Waals surface area contributed by atoms with E-state index in [2.05, 4.69) is 16.0 Å². The average Bonchev–Trinajstić information content (AvgIpc) is 2.71. The Bertz CT molecular complexity index is 924. The highest BCUT2D eigenvalue weighted by atomic mass is 32.2. The van der Waals surface area contributed by atoms with Gasteiger partial charge >= 0.3 is 6.03 Å². The van der Waals surface area contributed by atoms with Crippen LogP contribution < -0.4 is 20.9 Å². The Morgan fingerprint density at radius 1 is 1.21 bits per heavy atom. The molecule has 1 heterocycles. The van der Waals surface area contributed by atoms with Crippen molar-refractivity contribution >= 4 is 46.7 Å². The molecular weight excluding hydrogens is 395 g/mol. The molecule has 0 bridgehead atoms. The van der Waals surface area contributed by atoms with Gasteiger partial charge in [-0.15, -0.1) is 0 Å². The van der Waals surface area contributed by atoms with Crippen molar-refractivity contribution in [2.75, 3.05) is 34.1 Å². The lowest BCUT2D eigenvalue weighted by Crippen LogP contribution is -2.53. The Kier molecular flexibility index (Phi) is 6.71. The van der Waals surface area contributed by atoms with Crippen molar-refractivity contribution in [1.29, 1.82) is 0 Å². The van der Waals surface area contributed by atoms with Crippen molar-refractivity contribution in [3.8, 4) is 0 Å². The second kappa shape index (κ2) is 9.42. The van der Waals surface area contributed by atoms with Crippen LogP contribution in [0.4, 0.5) is 26.2 Å². The Labute approximate surface area is 172 Å². The SMILES string of the molecule is CSCCC(NC(=O)N1CC(=O)Nc2ccccc21)C(=O)Nc1ccccc1F. The van der Waals surface area contributed by atoms with Gasteiger partial charge in [0.2, 0.25) is 11.8 Å². The molecule has 0 fully saturated rings. The van der Waals surface area contributed by atoms with Crippen LogP contribution in [0.15, 0.2) is 48.5 Å². The first-order chi connectivity index (χ1) is 14.0. The van der Waals surface area contributed by atoms with Crippen molar-refractivity contribution in [3.63, 3.8) is 0 Å². The summed E-state index contributed by atoms with van der Waals surface area (Å²) in [5, 5.41) is 7.91. The standard InChI is InChI=1S/C20H21FN4O3S/c1-29-11-10-16(19(27)23-14-7-3-2-6-13(14)21)24-20(28)25-12-18(26)22-15-8-4-5-9-17(15)25/h2-9,16H,10-12H2,1H3,(H,22,26)(H,23,27)(H,24,28). The lowest BCUT2D eigenvalue weighted by Gasteiger charge is -2.30. The molecule has 0 spiro atoms. The number of carbonyl (C=O) groups excluding carboxylic acids is 3. The summed E-state index contributed by atoms with van der Waals surface area (Å²) in [7, 11) is 0. The summed E-state index contributed by atoms with van der Waals surface area (Å²) < 4.78 is 13.9. The zero-order chi connectivity index (χ0) is 20.8. The van der Waals surface area contributed by atoms with Crippen LogP contribution in [-0.2, 0) is 9.59 Å². The number of urea groups is 1. The monoisotopic (exact) mass is 416 g/mol. The first-order valence-electron chi connectivity index (χ1n) is 9.01. The van der Waals surface area contributed by atoms with Gasteiger partial charge < -0.3 is 16.0 Å². The van der Waals surface area contributed by atoms with Crippen molar-refractivity contribution in [2.24, 2.45) is 0 Å². The van der Waals surface area contributed by atoms with Crippen LogP contribution in [0.2, 0.25) is 0 Å². The van der Waals surface area contributed by atoms with Crippen LogP contribution in [0.25, 0.3) is 0 Å². The van der Waals surface area contributed by atoms with Crippen LogP contribution in [0.3, 0.4) is 0 Å². The molecule has 1 aliphatic heterocycles. The molecule has 152 valence electrons. The third-order valence-corrected chi connectivity index (χ3v) is 5.02. The lowest BCUT2D eigenvalue weighted by atomic mass is 10.2. The molecule has 0 radical (unpaired) electrons. The van der Waals surface area contributed by atoms with E-state index in [9.17, 15) is 18.8 Å². The van der Waals surface area contributed by atoms with Gasteiger partial charge in [-0.3, -0.25) is 14.5 Å². The summed E-state index contributed by atoms with van der Waals surface area (Å²) in [6.45, 7) is -0.160. The number of fused-ring (bicyclic) bond motifs is 1. The molecule has 9 heteroatoms. The Balaban J connectivity index is 1.76. The van der Waals surface area contributed by atoms with Gasteiger partial charge in [-0.25, -0.2) is 9.18 Å². The summed E-state index contributed by atoms with van der Waals surface area (Å²) in [5.41, 5.74) is 1.11. The summed E-state index contributed by atoms with van der Waals surface area (Å²) in [6, 6.07) is 11.3. The van der Waals surface area contributed by atoms with E-state index < -0.39 is 23.8 Å². The molecule has 1 atom stereocenters.